The second-order valence-electron chi connectivity index (χ2n) is 6.10. The number of nitrogens with two attached hydrogens (primary N) is 1. The summed E-state index contributed by atoms with van der Waals surface area (Å²) in [7, 11) is 0. The summed E-state index contributed by atoms with van der Waals surface area (Å²) in [5.74, 6) is -0.846. The van der Waals surface area contributed by atoms with Crippen LogP contribution in [0.3, 0.4) is 0 Å². The number of anilines is 2. The van der Waals surface area contributed by atoms with Crippen LogP contribution in [0.2, 0.25) is 0 Å². The molecule has 1 aromatic carbocycles. The number of pyridine rings is 1. The van der Waals surface area contributed by atoms with Gasteiger partial charge < -0.3 is 15.2 Å². The summed E-state index contributed by atoms with van der Waals surface area (Å²) in [5, 5.41) is 0. The van der Waals surface area contributed by atoms with Crippen molar-refractivity contribution in [3.63, 3.8) is 0 Å². The first-order valence-corrected chi connectivity index (χ1v) is 9.39. The minimum absolute atomic E-state index is 0.0395. The molecule has 0 aliphatic rings. The first kappa shape index (κ1) is 21.9. The molecule has 0 aliphatic carbocycles. The second-order valence-corrected chi connectivity index (χ2v) is 6.10. The highest BCUT2D eigenvalue weighted by molar-refractivity contribution is 5.89. The molecule has 8 heteroatoms. The minimum Gasteiger partial charge on any atom is -0.466 e. The van der Waals surface area contributed by atoms with E-state index in [1.54, 1.807) is 26.0 Å². The van der Waals surface area contributed by atoms with Gasteiger partial charge in [-0.3, -0.25) is 14.5 Å². The predicted octanol–water partition coefficient (Wildman–Crippen LogP) is 2.57. The fraction of sp³-hybridized carbons (Fsp3) is 0.333. The number of benzene rings is 1. The number of esters is 2. The zero-order valence-electron chi connectivity index (χ0n) is 16.5. The quantitative estimate of drug-likeness (QED) is 0.483. The van der Waals surface area contributed by atoms with Gasteiger partial charge in [0.2, 0.25) is 6.41 Å². The van der Waals surface area contributed by atoms with Crippen LogP contribution >= 0.6 is 0 Å². The monoisotopic (exact) mass is 399 g/mol. The van der Waals surface area contributed by atoms with E-state index in [-0.39, 0.29) is 31.9 Å². The Bertz CT molecular complexity index is 841. The molecule has 1 atom stereocenters. The van der Waals surface area contributed by atoms with Crippen molar-refractivity contribution < 1.29 is 23.9 Å². The third-order valence-corrected chi connectivity index (χ3v) is 4.16. The number of hydrogen-bond acceptors (Lipinski definition) is 7. The third kappa shape index (κ3) is 5.78. The smallest absolute Gasteiger partial charge is 0.329 e. The number of carbonyl (C=O) groups excluding carboxylic acids is 3. The normalized spacial score (nSPS) is 11.4. The van der Waals surface area contributed by atoms with Crippen LogP contribution in [0.4, 0.5) is 11.5 Å². The zero-order valence-corrected chi connectivity index (χ0v) is 16.5. The molecular weight excluding hydrogens is 374 g/mol. The minimum atomic E-state index is -1.02. The molecule has 0 unspecified atom stereocenters. The zero-order chi connectivity index (χ0) is 21.2. The van der Waals surface area contributed by atoms with Gasteiger partial charge in [-0.2, -0.15) is 0 Å². The van der Waals surface area contributed by atoms with Crippen LogP contribution in [0, 0.1) is 0 Å². The van der Waals surface area contributed by atoms with Crippen LogP contribution < -0.4 is 10.6 Å². The Morgan fingerprint density at radius 1 is 1.10 bits per heavy atom. The molecule has 0 aliphatic heterocycles. The molecule has 0 saturated heterocycles. The number of nitrogen functional groups attached to an aromatic ring is 1. The van der Waals surface area contributed by atoms with Gasteiger partial charge in [0, 0.05) is 12.0 Å². The van der Waals surface area contributed by atoms with Crippen molar-refractivity contribution in [1.29, 1.82) is 0 Å². The number of rotatable bonds is 10. The number of hydrogen-bond donors (Lipinski definition) is 1. The summed E-state index contributed by atoms with van der Waals surface area (Å²) in [4.78, 5) is 41.8. The van der Waals surface area contributed by atoms with Crippen molar-refractivity contribution in [3.05, 3.63) is 42.5 Å². The van der Waals surface area contributed by atoms with Gasteiger partial charge in [-0.05, 0) is 32.4 Å². The van der Waals surface area contributed by atoms with E-state index in [0.717, 1.165) is 10.5 Å². The highest BCUT2D eigenvalue weighted by atomic mass is 16.5. The molecule has 1 amide bonds. The Hall–Kier alpha value is -3.42. The summed E-state index contributed by atoms with van der Waals surface area (Å²) in [5.41, 5.74) is 7.76. The van der Waals surface area contributed by atoms with Crippen LogP contribution in [0.25, 0.3) is 11.3 Å². The Balaban J connectivity index is 2.37. The lowest BCUT2D eigenvalue weighted by Crippen LogP contribution is -2.42. The van der Waals surface area contributed by atoms with Crippen molar-refractivity contribution in [2.45, 2.75) is 32.7 Å². The van der Waals surface area contributed by atoms with Gasteiger partial charge >= 0.3 is 11.9 Å². The Morgan fingerprint density at radius 3 is 2.41 bits per heavy atom. The first-order chi connectivity index (χ1) is 14.0. The van der Waals surface area contributed by atoms with Gasteiger partial charge in [0.05, 0.1) is 24.6 Å². The van der Waals surface area contributed by atoms with Crippen LogP contribution in [-0.4, -0.2) is 42.6 Å². The average molecular weight is 399 g/mol. The van der Waals surface area contributed by atoms with Crippen molar-refractivity contribution in [3.8, 4) is 11.3 Å². The highest BCUT2D eigenvalue weighted by Crippen LogP contribution is 2.27. The van der Waals surface area contributed by atoms with Gasteiger partial charge in [0.15, 0.2) is 0 Å². The van der Waals surface area contributed by atoms with E-state index in [4.69, 9.17) is 15.2 Å². The molecule has 154 valence electrons. The molecule has 2 rings (SSSR count). The van der Waals surface area contributed by atoms with E-state index >= 15 is 0 Å². The van der Waals surface area contributed by atoms with Gasteiger partial charge in [-0.25, -0.2) is 9.78 Å². The van der Waals surface area contributed by atoms with Crippen molar-refractivity contribution in [2.75, 3.05) is 23.8 Å². The topological polar surface area (TPSA) is 112 Å². The second kappa shape index (κ2) is 10.8. The number of amides is 1. The molecule has 0 radical (unpaired) electrons. The summed E-state index contributed by atoms with van der Waals surface area (Å²) in [6.45, 7) is 3.74. The maximum absolute atomic E-state index is 12.5. The SMILES string of the molecule is CCOC(=O)CC[C@@H](C(=O)OCC)N(C=O)c1ccc(N)c(-c2ccccc2)n1. The molecule has 0 saturated carbocycles. The molecule has 0 bridgehead atoms. The third-order valence-electron chi connectivity index (χ3n) is 4.16. The summed E-state index contributed by atoms with van der Waals surface area (Å²) >= 11 is 0. The molecule has 1 aromatic heterocycles. The first-order valence-electron chi connectivity index (χ1n) is 9.39. The van der Waals surface area contributed by atoms with Crippen LogP contribution in [0.5, 0.6) is 0 Å². The molecule has 0 fully saturated rings. The predicted molar refractivity (Wildman–Crippen MR) is 109 cm³/mol. The van der Waals surface area contributed by atoms with Crippen molar-refractivity contribution >= 4 is 29.9 Å². The van der Waals surface area contributed by atoms with E-state index in [0.29, 0.717) is 17.8 Å². The number of ether oxygens (including phenoxy) is 2. The lowest BCUT2D eigenvalue weighted by Gasteiger charge is -2.26. The molecule has 1 heterocycles. The molecule has 8 nitrogen and oxygen atoms in total. The maximum Gasteiger partial charge on any atom is 0.329 e. The molecular formula is C21H25N3O5. The van der Waals surface area contributed by atoms with Crippen LogP contribution in [-0.2, 0) is 23.9 Å². The number of carbonyl (C=O) groups is 3. The molecule has 0 spiro atoms. The van der Waals surface area contributed by atoms with Crippen LogP contribution in [0.1, 0.15) is 26.7 Å². The summed E-state index contributed by atoms with van der Waals surface area (Å²) in [6.07, 6.45) is 0.505. The van der Waals surface area contributed by atoms with Gasteiger partial charge in [0.1, 0.15) is 11.9 Å². The number of aromatic nitrogens is 1. The Morgan fingerprint density at radius 2 is 1.79 bits per heavy atom. The lowest BCUT2D eigenvalue weighted by atomic mass is 10.1. The van der Waals surface area contributed by atoms with E-state index in [1.807, 2.05) is 30.3 Å². The van der Waals surface area contributed by atoms with E-state index in [2.05, 4.69) is 4.98 Å². The fourth-order valence-electron chi connectivity index (χ4n) is 2.81. The van der Waals surface area contributed by atoms with Gasteiger partial charge in [0.25, 0.3) is 0 Å². The maximum atomic E-state index is 12.5. The van der Waals surface area contributed by atoms with Gasteiger partial charge in [-0.1, -0.05) is 30.3 Å². The summed E-state index contributed by atoms with van der Waals surface area (Å²) in [6, 6.07) is 11.4. The fourth-order valence-corrected chi connectivity index (χ4v) is 2.81. The largest absolute Gasteiger partial charge is 0.466 e. The highest BCUT2D eigenvalue weighted by Gasteiger charge is 2.29. The lowest BCUT2D eigenvalue weighted by molar-refractivity contribution is -0.146. The van der Waals surface area contributed by atoms with E-state index in [9.17, 15) is 14.4 Å². The molecule has 2 N–H and O–H groups in total. The standard InChI is InChI=1S/C21H25N3O5/c1-3-28-19(26)13-11-17(21(27)29-4-2)24(14-25)18-12-10-16(22)20(23-18)15-8-6-5-7-9-15/h5-10,12,14,17H,3-4,11,13,22H2,1-2H3/t17-/m0/s1. The molecule has 2 aromatic rings. The van der Waals surface area contributed by atoms with E-state index < -0.39 is 18.0 Å². The average Bonchev–Trinajstić information content (AvgIpc) is 2.72. The van der Waals surface area contributed by atoms with E-state index in [1.165, 1.54) is 0 Å². The Labute approximate surface area is 169 Å². The summed E-state index contributed by atoms with van der Waals surface area (Å²) < 4.78 is 10.0. The Kier molecular flexibility index (Phi) is 8.14. The molecule has 29 heavy (non-hydrogen) atoms. The van der Waals surface area contributed by atoms with Crippen molar-refractivity contribution in [1.82, 2.24) is 4.98 Å². The van der Waals surface area contributed by atoms with Crippen LogP contribution in [0.15, 0.2) is 42.5 Å². The van der Waals surface area contributed by atoms with Crippen molar-refractivity contribution in [2.24, 2.45) is 0 Å². The van der Waals surface area contributed by atoms with Gasteiger partial charge in [-0.15, -0.1) is 0 Å². The number of nitrogens with zero attached hydrogens (tertiary/aromatic N) is 2.